The summed E-state index contributed by atoms with van der Waals surface area (Å²) in [6.07, 6.45) is 1.96. The third-order valence-corrected chi connectivity index (χ3v) is 6.58. The average molecular weight is 603 g/mol. The van der Waals surface area contributed by atoms with E-state index in [0.717, 1.165) is 42.2 Å². The lowest BCUT2D eigenvalue weighted by Crippen LogP contribution is -3.15. The maximum atomic E-state index is 13.1. The molecule has 1 atom stereocenters. The molecular weight excluding hydrogens is 568 g/mol. The van der Waals surface area contributed by atoms with Crippen molar-refractivity contribution < 1.29 is 63.7 Å². The van der Waals surface area contributed by atoms with Crippen LogP contribution < -0.4 is 29.5 Å². The van der Waals surface area contributed by atoms with Crippen LogP contribution in [0.5, 0.6) is 11.5 Å². The van der Waals surface area contributed by atoms with E-state index in [2.05, 4.69) is 19.2 Å². The number of hydrogen-bond acceptors (Lipinski definition) is 10. The highest BCUT2D eigenvalue weighted by atomic mass is 16.5. The summed E-state index contributed by atoms with van der Waals surface area (Å²) in [7, 11) is 5.47. The third-order valence-electron chi connectivity index (χ3n) is 6.58. The smallest absolute Gasteiger partial charge is 0.351 e. The van der Waals surface area contributed by atoms with Gasteiger partial charge in [-0.2, -0.15) is 0 Å². The second-order valence-electron chi connectivity index (χ2n) is 9.57. The Morgan fingerprint density at radius 2 is 1.47 bits per heavy atom. The Balaban J connectivity index is 0.000000455. The lowest BCUT2D eigenvalue weighted by molar-refractivity contribution is -0.885. The molecule has 1 fully saturated rings. The highest BCUT2D eigenvalue weighted by Crippen LogP contribution is 2.28. The summed E-state index contributed by atoms with van der Waals surface area (Å²) in [5.74, 6) is -5.71. The molecule has 1 amide bonds. The number of amidine groups is 1. The zero-order valence-electron chi connectivity index (χ0n) is 23.9. The van der Waals surface area contributed by atoms with Crippen molar-refractivity contribution in [1.82, 2.24) is 5.01 Å². The first-order valence-electron chi connectivity index (χ1n) is 13.1. The number of methoxy groups -OCH3 is 2. The van der Waals surface area contributed by atoms with Crippen molar-refractivity contribution in [3.63, 3.8) is 0 Å². The summed E-state index contributed by atoms with van der Waals surface area (Å²) in [4.78, 5) is 51.7. The van der Waals surface area contributed by atoms with Crippen LogP contribution in [0.25, 0.3) is 0 Å². The van der Waals surface area contributed by atoms with Gasteiger partial charge in [-0.3, -0.25) is 9.69 Å². The molecule has 0 bridgehead atoms. The van der Waals surface area contributed by atoms with Crippen LogP contribution >= 0.6 is 0 Å². The number of quaternary nitrogens is 2. The number of ether oxygens (including phenoxy) is 2. The van der Waals surface area contributed by atoms with Crippen LogP contribution in [0.15, 0.2) is 53.6 Å². The van der Waals surface area contributed by atoms with E-state index >= 15 is 0 Å². The van der Waals surface area contributed by atoms with Crippen molar-refractivity contribution >= 4 is 35.6 Å². The number of carbonyl (C=O) groups is 5. The Kier molecular flexibility index (Phi) is 13.1. The van der Waals surface area contributed by atoms with Gasteiger partial charge in [0.1, 0.15) is 6.54 Å². The minimum atomic E-state index is -2.07. The molecule has 1 unspecified atom stereocenters. The van der Waals surface area contributed by atoms with Gasteiger partial charge in [0.2, 0.25) is 0 Å². The van der Waals surface area contributed by atoms with Crippen LogP contribution in [-0.2, 0) is 30.5 Å². The molecule has 2 heterocycles. The molecule has 15 nitrogen and oxygen atoms in total. The van der Waals surface area contributed by atoms with Crippen LogP contribution in [0.1, 0.15) is 24.0 Å². The predicted molar refractivity (Wildman–Crippen MR) is 144 cm³/mol. The summed E-state index contributed by atoms with van der Waals surface area (Å²) >= 11 is 0. The number of likely N-dealkylation sites (tertiary alicyclic amines) is 1. The van der Waals surface area contributed by atoms with E-state index in [1.807, 2.05) is 36.4 Å². The van der Waals surface area contributed by atoms with E-state index in [0.29, 0.717) is 24.6 Å². The number of nitrogens with one attached hydrogen (secondary N) is 2. The fourth-order valence-electron chi connectivity index (χ4n) is 4.44. The van der Waals surface area contributed by atoms with Crippen molar-refractivity contribution in [3.8, 4) is 11.5 Å². The summed E-state index contributed by atoms with van der Waals surface area (Å²) in [6, 6.07) is 16.3. The molecule has 0 saturated carbocycles. The second kappa shape index (κ2) is 16.4. The van der Waals surface area contributed by atoms with Gasteiger partial charge in [-0.25, -0.2) is 14.6 Å². The van der Waals surface area contributed by atoms with Crippen molar-refractivity contribution in [2.75, 3.05) is 40.9 Å². The first kappa shape index (κ1) is 34.2. The molecule has 2 aliphatic heterocycles. The molecule has 0 radical (unpaired) electrons. The molecule has 0 spiro atoms. The molecule has 2 aliphatic rings. The van der Waals surface area contributed by atoms with Gasteiger partial charge in [-0.15, -0.1) is 5.10 Å². The lowest BCUT2D eigenvalue weighted by Gasteiger charge is -2.36. The van der Waals surface area contributed by atoms with E-state index < -0.39 is 23.9 Å². The number of rotatable bonds is 6. The van der Waals surface area contributed by atoms with E-state index in [-0.39, 0.29) is 11.9 Å². The van der Waals surface area contributed by atoms with Crippen LogP contribution in [-0.4, -0.2) is 97.8 Å². The van der Waals surface area contributed by atoms with Crippen LogP contribution in [0, 0.1) is 0 Å². The molecule has 0 aliphatic carbocycles. The number of hydrogen-bond donors (Lipinski definition) is 4. The normalized spacial score (nSPS) is 19.3. The molecule has 43 heavy (non-hydrogen) atoms. The zero-order chi connectivity index (χ0) is 32.1. The molecule has 4 rings (SSSR count). The predicted octanol–water partition coefficient (Wildman–Crippen LogP) is -4.39. The van der Waals surface area contributed by atoms with E-state index in [1.165, 1.54) is 10.5 Å². The van der Waals surface area contributed by atoms with Crippen molar-refractivity contribution in [1.29, 1.82) is 0 Å². The second-order valence-corrected chi connectivity index (χ2v) is 9.57. The standard InChI is InChI=1S/C24H30N4O3.2C2H2O4/c1-26-13-11-20(12-14-26)28-23(29)17-27(16-18-7-5-4-6-8-18)24(25-28)19-9-10-21(30-2)22(15-19)31-3;2*3-1(4)2(5)6/h4-10,15,20H,11-14,16-17H2,1-3H3;2*(H,3,4)(H,5,6). The number of carboxylic acids is 4. The number of nitrogens with zero attached hydrogens (tertiary/aromatic N) is 2. The molecule has 4 N–H and O–H groups in total. The Labute approximate surface area is 247 Å². The van der Waals surface area contributed by atoms with Gasteiger partial charge < -0.3 is 44.4 Å². The van der Waals surface area contributed by atoms with Crippen molar-refractivity contribution in [3.05, 3.63) is 59.7 Å². The quantitative estimate of drug-likeness (QED) is 0.232. The van der Waals surface area contributed by atoms with Crippen LogP contribution in [0.2, 0.25) is 0 Å². The number of carboxylic acid groups (broad SMARTS) is 4. The monoisotopic (exact) mass is 602 g/mol. The van der Waals surface area contributed by atoms with Gasteiger partial charge in [0, 0.05) is 18.4 Å². The first-order chi connectivity index (χ1) is 20.4. The van der Waals surface area contributed by atoms with Crippen LogP contribution in [0.3, 0.4) is 0 Å². The summed E-state index contributed by atoms with van der Waals surface area (Å²) < 4.78 is 10.9. The Morgan fingerprint density at radius 1 is 0.930 bits per heavy atom. The maximum Gasteiger partial charge on any atom is 0.351 e. The van der Waals surface area contributed by atoms with Gasteiger partial charge in [-0.1, -0.05) is 30.3 Å². The average Bonchev–Trinajstić information content (AvgIpc) is 2.98. The SMILES string of the molecule is COc1ccc(C2=NN(C3CC[NH+](C)CC3)C(=O)C[NH+]2Cc2ccccc2)cc1OC.O=C([O-])C(=O)O.O=C([O-])C(=O)O. The van der Waals surface area contributed by atoms with Gasteiger partial charge >= 0.3 is 11.9 Å². The first-order valence-corrected chi connectivity index (χ1v) is 13.1. The fourth-order valence-corrected chi connectivity index (χ4v) is 4.44. The molecule has 2 aromatic carbocycles. The number of benzene rings is 2. The highest BCUT2D eigenvalue weighted by Gasteiger charge is 2.38. The molecular formula is C28H34N4O11. The fraction of sp³-hybridized carbons (Fsp3) is 0.357. The number of hydrazone groups is 1. The largest absolute Gasteiger partial charge is 0.539 e. The minimum Gasteiger partial charge on any atom is -0.539 e. The molecule has 15 heteroatoms. The molecule has 0 aromatic heterocycles. The molecule has 1 saturated heterocycles. The van der Waals surface area contributed by atoms with Crippen LogP contribution in [0.4, 0.5) is 0 Å². The van der Waals surface area contributed by atoms with Crippen molar-refractivity contribution in [2.24, 2.45) is 5.10 Å². The minimum absolute atomic E-state index is 0.0970. The van der Waals surface area contributed by atoms with Gasteiger partial charge in [0.25, 0.3) is 11.7 Å². The number of piperidine rings is 1. The number of aliphatic carboxylic acids is 4. The molecule has 2 aromatic rings. The number of carbonyl (C=O) groups excluding carboxylic acids is 3. The van der Waals surface area contributed by atoms with Gasteiger partial charge in [-0.05, 0) is 18.2 Å². The summed E-state index contributed by atoms with van der Waals surface area (Å²) in [5.41, 5.74) is 2.12. The van der Waals surface area contributed by atoms with Gasteiger partial charge in [0.05, 0.1) is 46.0 Å². The maximum absolute atomic E-state index is 13.1. The van der Waals surface area contributed by atoms with E-state index in [4.69, 9.17) is 54.2 Å². The third kappa shape index (κ3) is 10.4. The zero-order valence-corrected chi connectivity index (χ0v) is 23.9. The topological polar surface area (TPSA) is 215 Å². The summed E-state index contributed by atoms with van der Waals surface area (Å²) in [6.45, 7) is 3.22. The van der Waals surface area contributed by atoms with E-state index in [1.54, 1.807) is 19.2 Å². The Bertz CT molecular complexity index is 1280. The highest BCUT2D eigenvalue weighted by molar-refractivity contribution is 6.26. The molecule has 232 valence electrons. The Hall–Kier alpha value is -5.02. The number of amides is 1. The van der Waals surface area contributed by atoms with E-state index in [9.17, 15) is 4.79 Å². The van der Waals surface area contributed by atoms with Crippen molar-refractivity contribution in [2.45, 2.75) is 25.4 Å². The Morgan fingerprint density at radius 3 is 1.95 bits per heavy atom. The summed E-state index contributed by atoms with van der Waals surface area (Å²) in [5, 5.41) is 39.3. The lowest BCUT2D eigenvalue weighted by atomic mass is 10.0. The van der Waals surface area contributed by atoms with Gasteiger partial charge in [0.15, 0.2) is 30.0 Å².